The first kappa shape index (κ1) is 28.7. The molecule has 4 aromatic rings. The molecule has 1 unspecified atom stereocenters. The number of hydrogen-bond donors (Lipinski definition) is 2. The highest BCUT2D eigenvalue weighted by Crippen LogP contribution is 2.31. The third-order valence-corrected chi connectivity index (χ3v) is 8.69. The number of piperazine rings is 1. The van der Waals surface area contributed by atoms with Crippen LogP contribution in [0.2, 0.25) is 0 Å². The van der Waals surface area contributed by atoms with Crippen molar-refractivity contribution < 1.29 is 14.0 Å². The highest BCUT2D eigenvalue weighted by molar-refractivity contribution is 6.02. The summed E-state index contributed by atoms with van der Waals surface area (Å²) in [6.07, 6.45) is 4.06. The van der Waals surface area contributed by atoms with Crippen molar-refractivity contribution >= 4 is 34.4 Å². The number of nitrogens with zero attached hydrogens (tertiary/aromatic N) is 7. The number of amides is 2. The molecule has 0 saturated carbocycles. The Morgan fingerprint density at radius 3 is 2.58 bits per heavy atom. The zero-order valence-electron chi connectivity index (χ0n) is 24.6. The zero-order chi connectivity index (χ0) is 30.1. The first-order chi connectivity index (χ1) is 20.7. The van der Waals surface area contributed by atoms with Gasteiger partial charge in [0.15, 0.2) is 0 Å². The van der Waals surface area contributed by atoms with Gasteiger partial charge in [0.25, 0.3) is 0 Å². The predicted octanol–water partition coefficient (Wildman–Crippen LogP) is 2.84. The molecule has 4 heterocycles. The fourth-order valence-electron chi connectivity index (χ4n) is 6.17. The highest BCUT2D eigenvalue weighted by atomic mass is 19.1. The molecule has 0 spiro atoms. The van der Waals surface area contributed by atoms with E-state index in [1.165, 1.54) is 12.1 Å². The van der Waals surface area contributed by atoms with Gasteiger partial charge in [-0.2, -0.15) is 5.10 Å². The Balaban J connectivity index is 1.11. The van der Waals surface area contributed by atoms with E-state index in [9.17, 15) is 14.0 Å². The molecule has 2 saturated heterocycles. The van der Waals surface area contributed by atoms with Gasteiger partial charge in [-0.05, 0) is 76.0 Å². The highest BCUT2D eigenvalue weighted by Gasteiger charge is 2.47. The number of aromatic amines is 1. The van der Waals surface area contributed by atoms with Crippen LogP contribution in [-0.2, 0) is 9.59 Å². The molecule has 2 N–H and O–H groups in total. The zero-order valence-corrected chi connectivity index (χ0v) is 24.6. The normalized spacial score (nSPS) is 21.1. The van der Waals surface area contributed by atoms with Gasteiger partial charge in [-0.15, -0.1) is 0 Å². The minimum absolute atomic E-state index is 0.0206. The van der Waals surface area contributed by atoms with Gasteiger partial charge in [-0.3, -0.25) is 24.5 Å². The number of nitrogens with one attached hydrogen (secondary N) is 2. The molecule has 2 aromatic carbocycles. The minimum Gasteiger partial charge on any atom is -0.337 e. The van der Waals surface area contributed by atoms with E-state index in [2.05, 4.69) is 35.3 Å². The molecule has 2 aliphatic heterocycles. The van der Waals surface area contributed by atoms with Gasteiger partial charge in [0.05, 0.1) is 17.8 Å². The van der Waals surface area contributed by atoms with Crippen LogP contribution in [0.4, 0.5) is 16.0 Å². The lowest BCUT2D eigenvalue weighted by Crippen LogP contribution is -2.58. The molecule has 2 aliphatic rings. The van der Waals surface area contributed by atoms with E-state index in [0.29, 0.717) is 56.5 Å². The molecule has 2 aromatic heterocycles. The van der Waals surface area contributed by atoms with E-state index in [-0.39, 0.29) is 30.2 Å². The molecule has 2 amide bonds. The maximum atomic E-state index is 13.8. The van der Waals surface area contributed by atoms with E-state index in [1.807, 2.05) is 49.0 Å². The Bertz CT molecular complexity index is 1610. The van der Waals surface area contributed by atoms with Gasteiger partial charge in [-0.25, -0.2) is 14.4 Å². The summed E-state index contributed by atoms with van der Waals surface area (Å²) in [5, 5.41) is 11.4. The van der Waals surface area contributed by atoms with Crippen molar-refractivity contribution in [2.75, 3.05) is 63.6 Å². The number of rotatable bonds is 7. The standard InChI is InChI=1S/C31H36FN9O2/c1-21-18-40(30-33-12-4-13-34-30)15-16-41(21)27(42)19-39-14-11-31(20-39,38(2)3)29(43)35-24-9-10-26-25(17-24)28(37-36-26)22-5-7-23(32)8-6-22/h4-10,12-13,17,21H,11,14-16,18-20H2,1-3H3,(H,35,43)(H,36,37)/t21-,31?/m1/s1. The molecular formula is C31H36FN9O2. The van der Waals surface area contributed by atoms with E-state index >= 15 is 0 Å². The molecule has 11 nitrogen and oxygen atoms in total. The Morgan fingerprint density at radius 2 is 1.86 bits per heavy atom. The lowest BCUT2D eigenvalue weighted by atomic mass is 9.95. The van der Waals surface area contributed by atoms with Gasteiger partial charge in [0.2, 0.25) is 17.8 Å². The number of halogens is 1. The number of H-pyrrole nitrogens is 1. The summed E-state index contributed by atoms with van der Waals surface area (Å²) in [5.74, 6) is 0.313. The van der Waals surface area contributed by atoms with E-state index in [1.54, 1.807) is 30.6 Å². The minimum atomic E-state index is -0.791. The number of hydrogen-bond acceptors (Lipinski definition) is 8. The fourth-order valence-corrected chi connectivity index (χ4v) is 6.17. The maximum absolute atomic E-state index is 13.8. The van der Waals surface area contributed by atoms with Gasteiger partial charge < -0.3 is 15.1 Å². The fraction of sp³-hybridized carbons (Fsp3) is 0.387. The Labute approximate surface area is 249 Å². The van der Waals surface area contributed by atoms with Gasteiger partial charge in [0.1, 0.15) is 11.4 Å². The van der Waals surface area contributed by atoms with Crippen LogP contribution in [0.5, 0.6) is 0 Å². The first-order valence-corrected chi connectivity index (χ1v) is 14.5. The van der Waals surface area contributed by atoms with Crippen LogP contribution in [0.15, 0.2) is 60.9 Å². The maximum Gasteiger partial charge on any atom is 0.246 e. The van der Waals surface area contributed by atoms with Crippen molar-refractivity contribution in [3.05, 3.63) is 66.7 Å². The van der Waals surface area contributed by atoms with Gasteiger partial charge in [-0.1, -0.05) is 0 Å². The molecule has 224 valence electrons. The van der Waals surface area contributed by atoms with Crippen LogP contribution >= 0.6 is 0 Å². The van der Waals surface area contributed by atoms with Crippen molar-refractivity contribution in [2.24, 2.45) is 0 Å². The monoisotopic (exact) mass is 585 g/mol. The average molecular weight is 586 g/mol. The Morgan fingerprint density at radius 1 is 1.09 bits per heavy atom. The number of anilines is 2. The number of benzene rings is 2. The quantitative estimate of drug-likeness (QED) is 0.341. The number of carbonyl (C=O) groups excluding carboxylic acids is 2. The van der Waals surface area contributed by atoms with E-state index < -0.39 is 5.54 Å². The predicted molar refractivity (Wildman–Crippen MR) is 163 cm³/mol. The summed E-state index contributed by atoms with van der Waals surface area (Å²) in [5.41, 5.74) is 2.13. The number of aromatic nitrogens is 4. The Hall–Kier alpha value is -4.42. The number of fused-ring (bicyclic) bond motifs is 1. The smallest absolute Gasteiger partial charge is 0.246 e. The molecule has 0 radical (unpaired) electrons. The third-order valence-electron chi connectivity index (χ3n) is 8.69. The molecule has 6 rings (SSSR count). The number of likely N-dealkylation sites (N-methyl/N-ethyl adjacent to an activating group) is 1. The second-order valence-electron chi connectivity index (χ2n) is 11.6. The van der Waals surface area contributed by atoms with Crippen molar-refractivity contribution in [1.29, 1.82) is 0 Å². The van der Waals surface area contributed by atoms with Crippen molar-refractivity contribution in [1.82, 2.24) is 34.9 Å². The molecular weight excluding hydrogens is 549 g/mol. The second kappa shape index (κ2) is 11.7. The number of likely N-dealkylation sites (tertiary alicyclic amines) is 1. The van der Waals surface area contributed by atoms with Crippen LogP contribution < -0.4 is 10.2 Å². The molecule has 2 atom stereocenters. The van der Waals surface area contributed by atoms with E-state index in [4.69, 9.17) is 0 Å². The van der Waals surface area contributed by atoms with Crippen LogP contribution in [0.25, 0.3) is 22.2 Å². The summed E-state index contributed by atoms with van der Waals surface area (Å²) >= 11 is 0. The Kier molecular flexibility index (Phi) is 7.80. The molecule has 0 aliphatic carbocycles. The van der Waals surface area contributed by atoms with Crippen LogP contribution in [0.1, 0.15) is 13.3 Å². The van der Waals surface area contributed by atoms with Crippen molar-refractivity contribution in [3.63, 3.8) is 0 Å². The first-order valence-electron chi connectivity index (χ1n) is 14.5. The molecule has 2 fully saturated rings. The summed E-state index contributed by atoms with van der Waals surface area (Å²) in [6.45, 7) is 5.33. The SMILES string of the molecule is C[C@@H]1CN(c2ncccn2)CCN1C(=O)CN1CCC(C(=O)Nc2ccc3[nH]nc(-c4ccc(F)cc4)c3c2)(N(C)C)C1. The lowest BCUT2D eigenvalue weighted by Gasteiger charge is -2.40. The largest absolute Gasteiger partial charge is 0.337 e. The second-order valence-corrected chi connectivity index (χ2v) is 11.6. The molecule has 43 heavy (non-hydrogen) atoms. The van der Waals surface area contributed by atoms with Crippen molar-refractivity contribution in [2.45, 2.75) is 24.9 Å². The summed E-state index contributed by atoms with van der Waals surface area (Å²) in [4.78, 5) is 44.0. The summed E-state index contributed by atoms with van der Waals surface area (Å²) in [6, 6.07) is 13.6. The lowest BCUT2D eigenvalue weighted by molar-refractivity contribution is -0.135. The van der Waals surface area contributed by atoms with Crippen LogP contribution in [0.3, 0.4) is 0 Å². The molecule has 12 heteroatoms. The summed E-state index contributed by atoms with van der Waals surface area (Å²) < 4.78 is 13.5. The van der Waals surface area contributed by atoms with Crippen LogP contribution in [0, 0.1) is 5.82 Å². The summed E-state index contributed by atoms with van der Waals surface area (Å²) in [7, 11) is 3.81. The van der Waals surface area contributed by atoms with E-state index in [0.717, 1.165) is 16.5 Å². The average Bonchev–Trinajstić information content (AvgIpc) is 3.63. The van der Waals surface area contributed by atoms with Crippen LogP contribution in [-0.4, -0.2) is 112 Å². The van der Waals surface area contributed by atoms with Gasteiger partial charge in [0, 0.05) is 67.8 Å². The van der Waals surface area contributed by atoms with Gasteiger partial charge >= 0.3 is 0 Å². The van der Waals surface area contributed by atoms with Crippen molar-refractivity contribution in [3.8, 4) is 11.3 Å². The molecule has 0 bridgehead atoms. The number of carbonyl (C=O) groups is 2. The topological polar surface area (TPSA) is 114 Å². The third kappa shape index (κ3) is 5.67.